The predicted molar refractivity (Wildman–Crippen MR) is 91.7 cm³/mol. The van der Waals surface area contributed by atoms with Gasteiger partial charge in [-0.15, -0.1) is 0 Å². The number of amides is 1. The van der Waals surface area contributed by atoms with Crippen molar-refractivity contribution < 1.29 is 14.3 Å². The van der Waals surface area contributed by atoms with E-state index in [1.54, 1.807) is 0 Å². The highest BCUT2D eigenvalue weighted by atomic mass is 16.5. The summed E-state index contributed by atoms with van der Waals surface area (Å²) in [7, 11) is 0. The lowest BCUT2D eigenvalue weighted by atomic mass is 9.93. The molecule has 0 fully saturated rings. The maximum atomic E-state index is 11.9. The Hall–Kier alpha value is -0.610. The van der Waals surface area contributed by atoms with E-state index in [4.69, 9.17) is 9.47 Å². The van der Waals surface area contributed by atoms with Crippen molar-refractivity contribution in [1.82, 2.24) is 5.32 Å². The molecule has 0 aromatic carbocycles. The summed E-state index contributed by atoms with van der Waals surface area (Å²) in [6, 6.07) is 0. The molecule has 0 spiro atoms. The molecule has 0 rings (SSSR count). The van der Waals surface area contributed by atoms with E-state index in [-0.39, 0.29) is 12.0 Å². The number of carbonyl (C=O) groups excluding carboxylic acids is 1. The molecule has 0 aromatic heterocycles. The second-order valence-corrected chi connectivity index (χ2v) is 5.11. The van der Waals surface area contributed by atoms with Crippen LogP contribution in [0.15, 0.2) is 0 Å². The minimum Gasteiger partial charge on any atom is -0.380 e. The van der Waals surface area contributed by atoms with Gasteiger partial charge in [-0.05, 0) is 34.1 Å². The van der Waals surface area contributed by atoms with Gasteiger partial charge < -0.3 is 14.8 Å². The van der Waals surface area contributed by atoms with E-state index in [0.29, 0.717) is 26.4 Å². The molecule has 0 aliphatic heterocycles. The third kappa shape index (κ3) is 17.3. The maximum absolute atomic E-state index is 11.9. The van der Waals surface area contributed by atoms with E-state index in [0.717, 1.165) is 6.42 Å². The summed E-state index contributed by atoms with van der Waals surface area (Å²) >= 11 is 0. The van der Waals surface area contributed by atoms with Gasteiger partial charge in [0.05, 0.1) is 24.7 Å². The predicted octanol–water partition coefficient (Wildman–Crippen LogP) is 4.03. The van der Waals surface area contributed by atoms with Gasteiger partial charge in [-0.25, -0.2) is 0 Å². The van der Waals surface area contributed by atoms with Gasteiger partial charge in [0.15, 0.2) is 0 Å². The molecule has 4 heteroatoms. The Labute approximate surface area is 133 Å². The highest BCUT2D eigenvalue weighted by molar-refractivity contribution is 5.81. The zero-order valence-electron chi connectivity index (χ0n) is 15.8. The number of rotatable bonds is 9. The molecule has 0 unspecified atom stereocenters. The summed E-state index contributed by atoms with van der Waals surface area (Å²) in [4.78, 5) is 11.9. The van der Waals surface area contributed by atoms with Gasteiger partial charge in [-0.1, -0.05) is 34.6 Å². The molecule has 1 amide bonds. The van der Waals surface area contributed by atoms with E-state index >= 15 is 0 Å². The van der Waals surface area contributed by atoms with Crippen molar-refractivity contribution in [1.29, 1.82) is 0 Å². The van der Waals surface area contributed by atoms with Crippen molar-refractivity contribution >= 4 is 5.91 Å². The summed E-state index contributed by atoms with van der Waals surface area (Å²) in [5.74, 6) is 0.0148. The second-order valence-electron chi connectivity index (χ2n) is 5.11. The Morgan fingerprint density at radius 2 is 1.62 bits per heavy atom. The van der Waals surface area contributed by atoms with Gasteiger partial charge in [0.2, 0.25) is 5.91 Å². The van der Waals surface area contributed by atoms with E-state index in [9.17, 15) is 4.79 Å². The zero-order chi connectivity index (χ0) is 17.3. The third-order valence-corrected chi connectivity index (χ3v) is 2.26. The van der Waals surface area contributed by atoms with Gasteiger partial charge in [-0.3, -0.25) is 4.79 Å². The van der Waals surface area contributed by atoms with Crippen LogP contribution in [0.25, 0.3) is 0 Å². The van der Waals surface area contributed by atoms with Crippen molar-refractivity contribution in [2.24, 2.45) is 5.41 Å². The van der Waals surface area contributed by atoms with Crippen LogP contribution in [0.2, 0.25) is 0 Å². The van der Waals surface area contributed by atoms with Gasteiger partial charge in [0.25, 0.3) is 0 Å². The first-order valence-corrected chi connectivity index (χ1v) is 8.37. The molecule has 0 saturated carbocycles. The standard InChI is InChI=1S/C13H27NO3.2C2H6/c1-6-8-16-10-13(4,5)12(15)14-7-9-17-11(2)3;2*1-2/h11H,6-10H2,1-5H3,(H,14,15);2*1-2H3. The van der Waals surface area contributed by atoms with E-state index < -0.39 is 5.41 Å². The van der Waals surface area contributed by atoms with Crippen LogP contribution in [0.4, 0.5) is 0 Å². The molecule has 0 aliphatic carbocycles. The minimum absolute atomic E-state index is 0.0148. The molecule has 21 heavy (non-hydrogen) atoms. The average Bonchev–Trinajstić information content (AvgIpc) is 2.47. The molecular weight excluding hydrogens is 266 g/mol. The first kappa shape index (κ1) is 25.3. The Bertz CT molecular complexity index is 216. The van der Waals surface area contributed by atoms with Crippen LogP contribution in [0.3, 0.4) is 0 Å². The molecule has 0 aliphatic rings. The molecule has 130 valence electrons. The Kier molecular flexibility index (Phi) is 21.1. The fourth-order valence-electron chi connectivity index (χ4n) is 1.24. The lowest BCUT2D eigenvalue weighted by Gasteiger charge is -2.23. The fourth-order valence-corrected chi connectivity index (χ4v) is 1.24. The molecule has 0 radical (unpaired) electrons. The monoisotopic (exact) mass is 305 g/mol. The Balaban J connectivity index is -0.000000739. The average molecular weight is 306 g/mol. The molecule has 0 aromatic rings. The third-order valence-electron chi connectivity index (χ3n) is 2.26. The van der Waals surface area contributed by atoms with E-state index in [1.165, 1.54) is 0 Å². The molecule has 0 bridgehead atoms. The largest absolute Gasteiger partial charge is 0.380 e. The number of hydrogen-bond donors (Lipinski definition) is 1. The van der Waals surface area contributed by atoms with E-state index in [2.05, 4.69) is 12.2 Å². The van der Waals surface area contributed by atoms with Crippen LogP contribution in [-0.2, 0) is 14.3 Å². The van der Waals surface area contributed by atoms with Crippen LogP contribution < -0.4 is 5.32 Å². The first-order chi connectivity index (χ1) is 9.90. The Morgan fingerprint density at radius 1 is 1.10 bits per heavy atom. The van der Waals surface area contributed by atoms with Gasteiger partial charge in [-0.2, -0.15) is 0 Å². The van der Waals surface area contributed by atoms with Crippen molar-refractivity contribution in [2.75, 3.05) is 26.4 Å². The molecule has 4 nitrogen and oxygen atoms in total. The van der Waals surface area contributed by atoms with Gasteiger partial charge in [0.1, 0.15) is 0 Å². The molecule has 0 atom stereocenters. The lowest BCUT2D eigenvalue weighted by molar-refractivity contribution is -0.132. The SMILES string of the molecule is CC.CC.CCCOCC(C)(C)C(=O)NCCOC(C)C. The molecular formula is C17H39NO3. The van der Waals surface area contributed by atoms with Crippen molar-refractivity contribution in [2.45, 2.75) is 74.8 Å². The van der Waals surface area contributed by atoms with Crippen LogP contribution in [0.1, 0.15) is 68.7 Å². The number of carbonyl (C=O) groups is 1. The van der Waals surface area contributed by atoms with Crippen LogP contribution in [0, 0.1) is 5.41 Å². The first-order valence-electron chi connectivity index (χ1n) is 8.37. The van der Waals surface area contributed by atoms with E-state index in [1.807, 2.05) is 55.4 Å². The van der Waals surface area contributed by atoms with Gasteiger partial charge in [0, 0.05) is 13.2 Å². The van der Waals surface area contributed by atoms with Crippen LogP contribution >= 0.6 is 0 Å². The number of hydrogen-bond acceptors (Lipinski definition) is 3. The molecule has 0 saturated heterocycles. The van der Waals surface area contributed by atoms with Crippen molar-refractivity contribution in [3.63, 3.8) is 0 Å². The fraction of sp³-hybridized carbons (Fsp3) is 0.941. The molecule has 1 N–H and O–H groups in total. The summed E-state index contributed by atoms with van der Waals surface area (Å²) in [6.07, 6.45) is 1.17. The van der Waals surface area contributed by atoms with Crippen LogP contribution in [0.5, 0.6) is 0 Å². The second kappa shape index (κ2) is 17.4. The summed E-state index contributed by atoms with van der Waals surface area (Å²) in [5.41, 5.74) is -0.479. The summed E-state index contributed by atoms with van der Waals surface area (Å²) in [5, 5.41) is 2.86. The maximum Gasteiger partial charge on any atom is 0.228 e. The van der Waals surface area contributed by atoms with Crippen molar-refractivity contribution in [3.05, 3.63) is 0 Å². The smallest absolute Gasteiger partial charge is 0.228 e. The quantitative estimate of drug-likeness (QED) is 0.654. The topological polar surface area (TPSA) is 47.6 Å². The highest BCUT2D eigenvalue weighted by Gasteiger charge is 2.27. The summed E-state index contributed by atoms with van der Waals surface area (Å²) < 4.78 is 10.8. The number of ether oxygens (including phenoxy) is 2. The number of nitrogens with one attached hydrogen (secondary N) is 1. The zero-order valence-corrected chi connectivity index (χ0v) is 15.8. The van der Waals surface area contributed by atoms with Crippen LogP contribution in [-0.4, -0.2) is 38.4 Å². The molecule has 0 heterocycles. The Morgan fingerprint density at radius 3 is 2.05 bits per heavy atom. The normalized spacial score (nSPS) is 10.2. The summed E-state index contributed by atoms with van der Waals surface area (Å²) in [6.45, 7) is 20.0. The highest BCUT2D eigenvalue weighted by Crippen LogP contribution is 2.15. The van der Waals surface area contributed by atoms with Gasteiger partial charge >= 0.3 is 0 Å². The minimum atomic E-state index is -0.479. The lowest BCUT2D eigenvalue weighted by Crippen LogP contribution is -2.41. The van der Waals surface area contributed by atoms with Crippen molar-refractivity contribution in [3.8, 4) is 0 Å².